The van der Waals surface area contributed by atoms with Gasteiger partial charge in [-0.25, -0.2) is 0 Å². The lowest BCUT2D eigenvalue weighted by atomic mass is 10.1. The molecule has 2 aromatic carbocycles. The fourth-order valence-corrected chi connectivity index (χ4v) is 3.08. The van der Waals surface area contributed by atoms with E-state index < -0.39 is 0 Å². The van der Waals surface area contributed by atoms with Crippen LogP contribution in [-0.2, 0) is 11.2 Å². The van der Waals surface area contributed by atoms with Crippen LogP contribution < -0.4 is 10.6 Å². The summed E-state index contributed by atoms with van der Waals surface area (Å²) in [4.78, 5) is 11.9. The van der Waals surface area contributed by atoms with E-state index in [1.54, 1.807) is 0 Å². The van der Waals surface area contributed by atoms with Gasteiger partial charge < -0.3 is 10.6 Å². The molecule has 0 unspecified atom stereocenters. The number of rotatable bonds is 8. The number of benzene rings is 2. The van der Waals surface area contributed by atoms with E-state index in [1.807, 2.05) is 38.1 Å². The largest absolute Gasteiger partial charge is 0.383 e. The molecule has 0 spiro atoms. The van der Waals surface area contributed by atoms with E-state index in [0.29, 0.717) is 24.5 Å². The summed E-state index contributed by atoms with van der Waals surface area (Å²) in [7, 11) is 0. The summed E-state index contributed by atoms with van der Waals surface area (Å²) in [5.74, 6) is 0.0662. The van der Waals surface area contributed by atoms with E-state index in [2.05, 4.69) is 28.8 Å². The Labute approximate surface area is 149 Å². The molecule has 0 saturated heterocycles. The van der Waals surface area contributed by atoms with Crippen LogP contribution in [0.3, 0.4) is 0 Å². The fraction of sp³-hybridized carbons (Fsp3) is 0.350. The second kappa shape index (κ2) is 9.33. The monoisotopic (exact) mass is 344 g/mol. The third-order valence-corrected chi connectivity index (χ3v) is 4.19. The topological polar surface area (TPSA) is 41.1 Å². The average molecular weight is 345 g/mol. The predicted octanol–water partition coefficient (Wildman–Crippen LogP) is 4.51. The second-order valence-electron chi connectivity index (χ2n) is 6.05. The molecule has 0 aliphatic heterocycles. The maximum absolute atomic E-state index is 11.9. The van der Waals surface area contributed by atoms with E-state index in [9.17, 15) is 4.79 Å². The van der Waals surface area contributed by atoms with E-state index in [1.165, 1.54) is 5.56 Å². The fourth-order valence-electron chi connectivity index (χ4n) is 2.69. The van der Waals surface area contributed by atoms with Gasteiger partial charge in [-0.2, -0.15) is 0 Å². The Balaban J connectivity index is 1.65. The number of carbonyl (C=O) groups is 1. The first kappa shape index (κ1) is 18.3. The number of anilines is 1. The number of carbonyl (C=O) groups excluding carboxylic acids is 1. The Kier molecular flexibility index (Phi) is 7.13. The summed E-state index contributed by atoms with van der Waals surface area (Å²) in [6.07, 6.45) is 2.37. The molecule has 3 nitrogen and oxygen atoms in total. The quantitative estimate of drug-likeness (QED) is 0.692. The molecule has 0 fully saturated rings. The van der Waals surface area contributed by atoms with Crippen molar-refractivity contribution in [2.75, 3.05) is 18.4 Å². The number of hydrogen-bond acceptors (Lipinski definition) is 2. The Morgan fingerprint density at radius 1 is 1.08 bits per heavy atom. The minimum absolute atomic E-state index is 0.0662. The Morgan fingerprint density at radius 3 is 2.54 bits per heavy atom. The Hall–Kier alpha value is -2.00. The Bertz CT molecular complexity index is 648. The van der Waals surface area contributed by atoms with Crippen molar-refractivity contribution in [1.29, 1.82) is 0 Å². The smallest absolute Gasteiger partial charge is 0.221 e. The molecule has 0 heterocycles. The van der Waals surface area contributed by atoms with Gasteiger partial charge in [-0.1, -0.05) is 48.0 Å². The highest BCUT2D eigenvalue weighted by Crippen LogP contribution is 2.27. The molecular formula is C20H25ClN2O. The highest BCUT2D eigenvalue weighted by Gasteiger charge is 2.06. The van der Waals surface area contributed by atoms with Crippen LogP contribution in [0.25, 0.3) is 0 Å². The molecule has 2 N–H and O–H groups in total. The van der Waals surface area contributed by atoms with Crippen molar-refractivity contribution in [3.63, 3.8) is 0 Å². The van der Waals surface area contributed by atoms with Crippen molar-refractivity contribution in [3.05, 3.63) is 64.2 Å². The molecule has 0 aliphatic carbocycles. The average Bonchev–Trinajstić information content (AvgIpc) is 2.55. The summed E-state index contributed by atoms with van der Waals surface area (Å²) in [6.45, 7) is 5.32. The van der Waals surface area contributed by atoms with Gasteiger partial charge in [0.1, 0.15) is 0 Å². The first-order valence-corrected chi connectivity index (χ1v) is 8.75. The lowest BCUT2D eigenvalue weighted by Gasteiger charge is -2.12. The lowest BCUT2D eigenvalue weighted by molar-refractivity contribution is -0.120. The maximum atomic E-state index is 11.9. The summed E-state index contributed by atoms with van der Waals surface area (Å²) >= 11 is 6.25. The molecule has 2 rings (SSSR count). The Morgan fingerprint density at radius 2 is 1.83 bits per heavy atom. The molecule has 0 saturated carbocycles. The van der Waals surface area contributed by atoms with Crippen LogP contribution in [0.15, 0.2) is 42.5 Å². The van der Waals surface area contributed by atoms with Gasteiger partial charge in [-0.15, -0.1) is 0 Å². The van der Waals surface area contributed by atoms with Crippen molar-refractivity contribution in [2.24, 2.45) is 0 Å². The SMILES string of the molecule is Cc1cc(C)c(NCCC(=O)NCCCc2ccccc2)c(Cl)c1. The number of amides is 1. The van der Waals surface area contributed by atoms with E-state index >= 15 is 0 Å². The van der Waals surface area contributed by atoms with Crippen molar-refractivity contribution in [1.82, 2.24) is 5.32 Å². The molecule has 0 atom stereocenters. The third-order valence-electron chi connectivity index (χ3n) is 3.89. The van der Waals surface area contributed by atoms with Crippen LogP contribution in [0.5, 0.6) is 0 Å². The highest BCUT2D eigenvalue weighted by atomic mass is 35.5. The summed E-state index contributed by atoms with van der Waals surface area (Å²) in [5.41, 5.74) is 4.46. The molecule has 4 heteroatoms. The van der Waals surface area contributed by atoms with E-state index in [-0.39, 0.29) is 5.91 Å². The van der Waals surface area contributed by atoms with Crippen LogP contribution in [0, 0.1) is 13.8 Å². The van der Waals surface area contributed by atoms with Gasteiger partial charge in [0.05, 0.1) is 10.7 Å². The summed E-state index contributed by atoms with van der Waals surface area (Å²) in [6, 6.07) is 14.3. The standard InChI is InChI=1S/C20H25ClN2O/c1-15-13-16(2)20(18(21)14-15)23-12-10-19(24)22-11-6-9-17-7-4-3-5-8-17/h3-5,7-8,13-14,23H,6,9-12H2,1-2H3,(H,22,24). The highest BCUT2D eigenvalue weighted by molar-refractivity contribution is 6.33. The zero-order valence-electron chi connectivity index (χ0n) is 14.4. The molecule has 24 heavy (non-hydrogen) atoms. The van der Waals surface area contributed by atoms with Crippen LogP contribution in [-0.4, -0.2) is 19.0 Å². The maximum Gasteiger partial charge on any atom is 0.221 e. The van der Waals surface area contributed by atoms with Crippen LogP contribution in [0.2, 0.25) is 5.02 Å². The molecule has 1 amide bonds. The van der Waals surface area contributed by atoms with E-state index in [4.69, 9.17) is 11.6 Å². The van der Waals surface area contributed by atoms with Crippen LogP contribution in [0.4, 0.5) is 5.69 Å². The number of hydrogen-bond donors (Lipinski definition) is 2. The van der Waals surface area contributed by atoms with Gasteiger partial charge in [0.2, 0.25) is 5.91 Å². The molecule has 0 radical (unpaired) electrons. The zero-order valence-corrected chi connectivity index (χ0v) is 15.1. The first-order valence-electron chi connectivity index (χ1n) is 8.37. The molecule has 2 aromatic rings. The molecule has 0 bridgehead atoms. The predicted molar refractivity (Wildman–Crippen MR) is 102 cm³/mol. The van der Waals surface area contributed by atoms with Gasteiger partial charge in [0, 0.05) is 19.5 Å². The minimum atomic E-state index is 0.0662. The summed E-state index contributed by atoms with van der Waals surface area (Å²) < 4.78 is 0. The molecule has 0 aliphatic rings. The van der Waals surface area contributed by atoms with E-state index in [0.717, 1.165) is 29.7 Å². The van der Waals surface area contributed by atoms with Crippen LogP contribution >= 0.6 is 11.6 Å². The van der Waals surface area contributed by atoms with Gasteiger partial charge in [-0.3, -0.25) is 4.79 Å². The zero-order chi connectivity index (χ0) is 17.4. The number of halogens is 1. The number of nitrogens with one attached hydrogen (secondary N) is 2. The van der Waals surface area contributed by atoms with Crippen molar-refractivity contribution in [2.45, 2.75) is 33.1 Å². The third kappa shape index (κ3) is 5.89. The first-order chi connectivity index (χ1) is 11.6. The lowest BCUT2D eigenvalue weighted by Crippen LogP contribution is -2.26. The van der Waals surface area contributed by atoms with Gasteiger partial charge in [-0.05, 0) is 49.4 Å². The molecule has 0 aromatic heterocycles. The molecular weight excluding hydrogens is 320 g/mol. The summed E-state index contributed by atoms with van der Waals surface area (Å²) in [5, 5.41) is 6.93. The number of aryl methyl sites for hydroxylation is 3. The van der Waals surface area contributed by atoms with Gasteiger partial charge >= 0.3 is 0 Å². The normalized spacial score (nSPS) is 10.5. The van der Waals surface area contributed by atoms with Crippen LogP contribution in [0.1, 0.15) is 29.5 Å². The van der Waals surface area contributed by atoms with Gasteiger partial charge in [0.25, 0.3) is 0 Å². The minimum Gasteiger partial charge on any atom is -0.383 e. The van der Waals surface area contributed by atoms with Crippen molar-refractivity contribution in [3.8, 4) is 0 Å². The van der Waals surface area contributed by atoms with Gasteiger partial charge in [0.15, 0.2) is 0 Å². The second-order valence-corrected chi connectivity index (χ2v) is 6.46. The van der Waals surface area contributed by atoms with Crippen molar-refractivity contribution < 1.29 is 4.79 Å². The molecule has 128 valence electrons. The van der Waals surface area contributed by atoms with Crippen molar-refractivity contribution >= 4 is 23.2 Å².